The van der Waals surface area contributed by atoms with Crippen LogP contribution in [0.15, 0.2) is 18.2 Å². The Bertz CT molecular complexity index is 407. The highest BCUT2D eigenvalue weighted by Gasteiger charge is 2.15. The van der Waals surface area contributed by atoms with Gasteiger partial charge in [-0.2, -0.15) is 0 Å². The van der Waals surface area contributed by atoms with Gasteiger partial charge in [-0.15, -0.1) is 0 Å². The van der Waals surface area contributed by atoms with Crippen LogP contribution in [0, 0.1) is 5.82 Å². The first kappa shape index (κ1) is 13.4. The van der Waals surface area contributed by atoms with Crippen LogP contribution in [0.1, 0.15) is 20.8 Å². The van der Waals surface area contributed by atoms with Gasteiger partial charge in [-0.05, 0) is 39.0 Å². The van der Waals surface area contributed by atoms with E-state index >= 15 is 0 Å². The Morgan fingerprint density at radius 1 is 1.41 bits per heavy atom. The maximum Gasteiger partial charge on any atom is 0.253 e. The summed E-state index contributed by atoms with van der Waals surface area (Å²) in [6, 6.07) is 4.03. The summed E-state index contributed by atoms with van der Waals surface area (Å²) in [5.74, 6) is -0.792. The molecule has 0 fully saturated rings. The fourth-order valence-electron chi connectivity index (χ4n) is 1.34. The summed E-state index contributed by atoms with van der Waals surface area (Å²) in [5.41, 5.74) is 5.85. The summed E-state index contributed by atoms with van der Waals surface area (Å²) >= 11 is 0. The molecule has 94 valence electrons. The molecule has 0 bridgehead atoms. The van der Waals surface area contributed by atoms with Crippen LogP contribution in [0.3, 0.4) is 0 Å². The monoisotopic (exact) mass is 240 g/mol. The van der Waals surface area contributed by atoms with Crippen LogP contribution in [0.2, 0.25) is 0 Å². The third kappa shape index (κ3) is 4.03. The summed E-state index contributed by atoms with van der Waals surface area (Å²) in [6.45, 7) is 5.35. The van der Waals surface area contributed by atoms with Gasteiger partial charge in [0.15, 0.2) is 0 Å². The molecular weight excluding hydrogens is 223 g/mol. The molecule has 0 aliphatic heterocycles. The van der Waals surface area contributed by atoms with E-state index in [1.807, 2.05) is 13.8 Å². The van der Waals surface area contributed by atoms with Crippen LogP contribution >= 0.6 is 0 Å². The fourth-order valence-corrected chi connectivity index (χ4v) is 1.34. The maximum absolute atomic E-state index is 12.9. The lowest BCUT2D eigenvalue weighted by molar-refractivity contribution is -0.128. The standard InChI is InChI=1S/C12H17FN2O2/c1-7(2)17-8(3)12(16)15-9-4-5-10(13)11(14)6-9/h4-8H,14H2,1-3H3,(H,15,16). The number of rotatable bonds is 4. The summed E-state index contributed by atoms with van der Waals surface area (Å²) in [6.07, 6.45) is -0.602. The number of ether oxygens (including phenoxy) is 1. The molecule has 0 aromatic heterocycles. The molecular formula is C12H17FN2O2. The van der Waals surface area contributed by atoms with E-state index in [1.165, 1.54) is 18.2 Å². The number of benzene rings is 1. The summed E-state index contributed by atoms with van der Waals surface area (Å²) in [7, 11) is 0. The van der Waals surface area contributed by atoms with Gasteiger partial charge in [-0.1, -0.05) is 0 Å². The van der Waals surface area contributed by atoms with E-state index in [9.17, 15) is 9.18 Å². The van der Waals surface area contributed by atoms with Crippen LogP contribution < -0.4 is 11.1 Å². The Labute approximate surface area is 100.0 Å². The zero-order valence-corrected chi connectivity index (χ0v) is 10.2. The minimum Gasteiger partial charge on any atom is -0.396 e. The van der Waals surface area contributed by atoms with E-state index < -0.39 is 11.9 Å². The number of nitrogens with one attached hydrogen (secondary N) is 1. The number of hydrogen-bond donors (Lipinski definition) is 2. The minimum atomic E-state index is -0.568. The third-order valence-corrected chi connectivity index (χ3v) is 2.11. The van der Waals surface area contributed by atoms with Crippen molar-refractivity contribution in [2.24, 2.45) is 0 Å². The average Bonchev–Trinajstić information content (AvgIpc) is 2.22. The lowest BCUT2D eigenvalue weighted by Gasteiger charge is -2.16. The molecule has 5 heteroatoms. The van der Waals surface area contributed by atoms with E-state index in [2.05, 4.69) is 5.32 Å². The molecule has 4 nitrogen and oxygen atoms in total. The fraction of sp³-hybridized carbons (Fsp3) is 0.417. The molecule has 17 heavy (non-hydrogen) atoms. The molecule has 1 rings (SSSR count). The molecule has 1 atom stereocenters. The number of carbonyl (C=O) groups is 1. The van der Waals surface area contributed by atoms with Crippen molar-refractivity contribution in [1.29, 1.82) is 0 Å². The van der Waals surface area contributed by atoms with Gasteiger partial charge in [0, 0.05) is 5.69 Å². The van der Waals surface area contributed by atoms with E-state index in [-0.39, 0.29) is 17.7 Å². The van der Waals surface area contributed by atoms with Gasteiger partial charge in [-0.25, -0.2) is 4.39 Å². The molecule has 0 saturated carbocycles. The van der Waals surface area contributed by atoms with Crippen molar-refractivity contribution >= 4 is 17.3 Å². The van der Waals surface area contributed by atoms with Crippen LogP contribution in [0.25, 0.3) is 0 Å². The Morgan fingerprint density at radius 2 is 2.06 bits per heavy atom. The molecule has 1 amide bonds. The number of halogens is 1. The molecule has 1 aromatic rings. The summed E-state index contributed by atoms with van der Waals surface area (Å²) in [4.78, 5) is 11.7. The zero-order chi connectivity index (χ0) is 13.0. The first-order valence-corrected chi connectivity index (χ1v) is 5.41. The van der Waals surface area contributed by atoms with Crippen LogP contribution in [0.5, 0.6) is 0 Å². The average molecular weight is 240 g/mol. The normalized spacial score (nSPS) is 12.5. The second kappa shape index (κ2) is 5.63. The molecule has 0 aliphatic rings. The second-order valence-electron chi connectivity index (χ2n) is 4.05. The predicted octanol–water partition coefficient (Wildman–Crippen LogP) is 2.16. The highest BCUT2D eigenvalue weighted by atomic mass is 19.1. The molecule has 0 saturated heterocycles. The van der Waals surface area contributed by atoms with Crippen LogP contribution in [0.4, 0.5) is 15.8 Å². The Balaban J connectivity index is 2.64. The molecule has 0 radical (unpaired) electrons. The molecule has 1 aromatic carbocycles. The van der Waals surface area contributed by atoms with E-state index in [0.29, 0.717) is 5.69 Å². The molecule has 3 N–H and O–H groups in total. The highest BCUT2D eigenvalue weighted by Crippen LogP contribution is 2.16. The predicted molar refractivity (Wildman–Crippen MR) is 65.1 cm³/mol. The van der Waals surface area contributed by atoms with Gasteiger partial charge >= 0.3 is 0 Å². The highest BCUT2D eigenvalue weighted by molar-refractivity contribution is 5.94. The lowest BCUT2D eigenvalue weighted by atomic mass is 10.2. The Kier molecular flexibility index (Phi) is 4.45. The van der Waals surface area contributed by atoms with Crippen molar-refractivity contribution in [3.8, 4) is 0 Å². The third-order valence-electron chi connectivity index (χ3n) is 2.11. The summed E-state index contributed by atoms with van der Waals surface area (Å²) in [5, 5.41) is 2.60. The summed E-state index contributed by atoms with van der Waals surface area (Å²) < 4.78 is 18.2. The molecule has 1 unspecified atom stereocenters. The van der Waals surface area contributed by atoms with Crippen molar-refractivity contribution in [3.63, 3.8) is 0 Å². The maximum atomic E-state index is 12.9. The number of hydrogen-bond acceptors (Lipinski definition) is 3. The first-order chi connectivity index (χ1) is 7.90. The van der Waals surface area contributed by atoms with Gasteiger partial charge in [0.2, 0.25) is 0 Å². The van der Waals surface area contributed by atoms with Gasteiger partial charge in [-0.3, -0.25) is 4.79 Å². The number of nitrogens with two attached hydrogens (primary N) is 1. The number of amides is 1. The van der Waals surface area contributed by atoms with Crippen LogP contribution in [-0.2, 0) is 9.53 Å². The van der Waals surface area contributed by atoms with Crippen molar-refractivity contribution in [3.05, 3.63) is 24.0 Å². The zero-order valence-electron chi connectivity index (χ0n) is 10.2. The number of nitrogen functional groups attached to an aromatic ring is 1. The topological polar surface area (TPSA) is 64.3 Å². The SMILES string of the molecule is CC(C)OC(C)C(=O)Nc1ccc(F)c(N)c1. The lowest BCUT2D eigenvalue weighted by Crippen LogP contribution is -2.29. The number of anilines is 2. The smallest absolute Gasteiger partial charge is 0.253 e. The van der Waals surface area contributed by atoms with Gasteiger partial charge in [0.1, 0.15) is 11.9 Å². The van der Waals surface area contributed by atoms with E-state index in [0.717, 1.165) is 0 Å². The largest absolute Gasteiger partial charge is 0.396 e. The second-order valence-corrected chi connectivity index (χ2v) is 4.05. The minimum absolute atomic E-state index is 0.000214. The molecule has 0 spiro atoms. The van der Waals surface area contributed by atoms with Gasteiger partial charge in [0.25, 0.3) is 5.91 Å². The van der Waals surface area contributed by atoms with Crippen LogP contribution in [-0.4, -0.2) is 18.1 Å². The molecule has 0 aliphatic carbocycles. The Morgan fingerprint density at radius 3 is 2.59 bits per heavy atom. The van der Waals surface area contributed by atoms with Crippen molar-refractivity contribution < 1.29 is 13.9 Å². The van der Waals surface area contributed by atoms with Crippen molar-refractivity contribution in [1.82, 2.24) is 0 Å². The van der Waals surface area contributed by atoms with Gasteiger partial charge < -0.3 is 15.8 Å². The Hall–Kier alpha value is -1.62. The molecule has 0 heterocycles. The van der Waals surface area contributed by atoms with E-state index in [4.69, 9.17) is 10.5 Å². The van der Waals surface area contributed by atoms with Crippen molar-refractivity contribution in [2.45, 2.75) is 33.0 Å². The quantitative estimate of drug-likeness (QED) is 0.793. The van der Waals surface area contributed by atoms with E-state index in [1.54, 1.807) is 6.92 Å². The van der Waals surface area contributed by atoms with Gasteiger partial charge in [0.05, 0.1) is 11.8 Å². The number of carbonyl (C=O) groups excluding carboxylic acids is 1. The van der Waals surface area contributed by atoms with Crippen molar-refractivity contribution in [2.75, 3.05) is 11.1 Å². The first-order valence-electron chi connectivity index (χ1n) is 5.41.